The minimum atomic E-state index is 0.357. The second-order valence-electron chi connectivity index (χ2n) is 5.04. The summed E-state index contributed by atoms with van der Waals surface area (Å²) < 4.78 is 0. The number of rotatable bonds is 4. The van der Waals surface area contributed by atoms with E-state index in [1.165, 1.54) is 18.4 Å². The number of nitriles is 1. The second-order valence-corrected chi connectivity index (χ2v) is 5.04. The molecule has 0 atom stereocenters. The van der Waals surface area contributed by atoms with Crippen molar-refractivity contribution in [3.05, 3.63) is 34.4 Å². The minimum Gasteiger partial charge on any atom is -0.303 e. The maximum atomic E-state index is 10.8. The molecule has 0 amide bonds. The van der Waals surface area contributed by atoms with Crippen LogP contribution in [0.3, 0.4) is 0 Å². The average molecular weight is 227 g/mol. The molecule has 17 heavy (non-hydrogen) atoms. The van der Waals surface area contributed by atoms with Gasteiger partial charge in [0.05, 0.1) is 11.6 Å². The lowest BCUT2D eigenvalue weighted by Crippen LogP contribution is -2.03. The van der Waals surface area contributed by atoms with Crippen LogP contribution in [0.4, 0.5) is 0 Å². The molecule has 1 saturated carbocycles. The third-order valence-corrected chi connectivity index (χ3v) is 3.37. The summed E-state index contributed by atoms with van der Waals surface area (Å²) >= 11 is 0. The fourth-order valence-corrected chi connectivity index (χ4v) is 2.37. The van der Waals surface area contributed by atoms with E-state index in [9.17, 15) is 4.79 Å². The van der Waals surface area contributed by atoms with Gasteiger partial charge in [-0.15, -0.1) is 0 Å². The van der Waals surface area contributed by atoms with E-state index in [0.29, 0.717) is 18.3 Å². The van der Waals surface area contributed by atoms with Gasteiger partial charge in [0.2, 0.25) is 0 Å². The summed E-state index contributed by atoms with van der Waals surface area (Å²) in [5.74, 6) is 0.937. The standard InChI is InChI=1S/C15H17NO/c1-10(2)14-7-11(9-16)8-15(12-3-4-12)13(14)5-6-17/h6-8,10,12H,3-5H2,1-2H3. The van der Waals surface area contributed by atoms with Gasteiger partial charge in [0.15, 0.2) is 0 Å². The summed E-state index contributed by atoms with van der Waals surface area (Å²) in [5, 5.41) is 9.07. The highest BCUT2D eigenvalue weighted by atomic mass is 16.1. The van der Waals surface area contributed by atoms with E-state index in [2.05, 4.69) is 19.9 Å². The van der Waals surface area contributed by atoms with Gasteiger partial charge in [-0.25, -0.2) is 0 Å². The van der Waals surface area contributed by atoms with Crippen LogP contribution in [-0.4, -0.2) is 6.29 Å². The summed E-state index contributed by atoms with van der Waals surface area (Å²) in [6.07, 6.45) is 3.83. The monoisotopic (exact) mass is 227 g/mol. The van der Waals surface area contributed by atoms with Crippen molar-refractivity contribution in [1.29, 1.82) is 5.26 Å². The van der Waals surface area contributed by atoms with Gasteiger partial charge in [-0.05, 0) is 53.5 Å². The predicted molar refractivity (Wildman–Crippen MR) is 67.0 cm³/mol. The number of hydrogen-bond donors (Lipinski definition) is 0. The Balaban J connectivity index is 2.58. The van der Waals surface area contributed by atoms with Crippen molar-refractivity contribution >= 4 is 6.29 Å². The first-order valence-electron chi connectivity index (χ1n) is 6.17. The number of hydrogen-bond acceptors (Lipinski definition) is 2. The SMILES string of the molecule is CC(C)c1cc(C#N)cc(C2CC2)c1CC=O. The Morgan fingerprint density at radius 3 is 2.65 bits per heavy atom. The van der Waals surface area contributed by atoms with Crippen molar-refractivity contribution < 1.29 is 4.79 Å². The Morgan fingerprint density at radius 2 is 2.18 bits per heavy atom. The lowest BCUT2D eigenvalue weighted by atomic mass is 9.88. The Morgan fingerprint density at radius 1 is 1.47 bits per heavy atom. The number of benzene rings is 1. The van der Waals surface area contributed by atoms with Gasteiger partial charge < -0.3 is 4.79 Å². The third-order valence-electron chi connectivity index (χ3n) is 3.37. The first kappa shape index (κ1) is 11.9. The van der Waals surface area contributed by atoms with Crippen LogP contribution in [0, 0.1) is 11.3 Å². The van der Waals surface area contributed by atoms with Crippen LogP contribution >= 0.6 is 0 Å². The summed E-state index contributed by atoms with van der Waals surface area (Å²) in [6.45, 7) is 4.23. The minimum absolute atomic E-state index is 0.357. The molecule has 2 nitrogen and oxygen atoms in total. The predicted octanol–water partition coefficient (Wildman–Crippen LogP) is 3.30. The molecule has 2 rings (SSSR count). The quantitative estimate of drug-likeness (QED) is 0.740. The van der Waals surface area contributed by atoms with Crippen molar-refractivity contribution in [3.63, 3.8) is 0 Å². The molecule has 1 fully saturated rings. The highest BCUT2D eigenvalue weighted by Gasteiger charge is 2.28. The van der Waals surface area contributed by atoms with Crippen molar-refractivity contribution in [2.45, 2.75) is 44.9 Å². The van der Waals surface area contributed by atoms with E-state index in [0.717, 1.165) is 23.0 Å². The Bertz CT molecular complexity index is 455. The number of nitrogens with zero attached hydrogens (tertiary/aromatic N) is 1. The second kappa shape index (κ2) is 4.71. The van der Waals surface area contributed by atoms with Crippen molar-refractivity contribution in [3.8, 4) is 6.07 Å². The van der Waals surface area contributed by atoms with E-state index in [4.69, 9.17) is 5.26 Å². The summed E-state index contributed by atoms with van der Waals surface area (Å²) in [5.41, 5.74) is 4.29. The van der Waals surface area contributed by atoms with Crippen molar-refractivity contribution in [1.82, 2.24) is 0 Å². The molecule has 0 aromatic heterocycles. The van der Waals surface area contributed by atoms with E-state index < -0.39 is 0 Å². The molecule has 1 aromatic rings. The highest BCUT2D eigenvalue weighted by molar-refractivity contribution is 5.60. The summed E-state index contributed by atoms with van der Waals surface area (Å²) in [6, 6.07) is 6.14. The highest BCUT2D eigenvalue weighted by Crippen LogP contribution is 2.43. The van der Waals surface area contributed by atoms with Crippen LogP contribution in [0.25, 0.3) is 0 Å². The van der Waals surface area contributed by atoms with Gasteiger partial charge in [-0.2, -0.15) is 5.26 Å². The van der Waals surface area contributed by atoms with Crippen molar-refractivity contribution in [2.24, 2.45) is 0 Å². The number of carbonyl (C=O) groups is 1. The van der Waals surface area contributed by atoms with E-state index in [1.54, 1.807) is 0 Å². The molecule has 0 heterocycles. The average Bonchev–Trinajstić information content (AvgIpc) is 3.13. The molecule has 0 unspecified atom stereocenters. The fourth-order valence-electron chi connectivity index (χ4n) is 2.37. The molecule has 0 bridgehead atoms. The van der Waals surface area contributed by atoms with Gasteiger partial charge in [0, 0.05) is 6.42 Å². The molecule has 2 heteroatoms. The topological polar surface area (TPSA) is 40.9 Å². The van der Waals surface area contributed by atoms with Crippen LogP contribution in [-0.2, 0) is 11.2 Å². The molecule has 0 aliphatic heterocycles. The molecule has 0 saturated heterocycles. The first-order chi connectivity index (χ1) is 8.17. The van der Waals surface area contributed by atoms with Crippen molar-refractivity contribution in [2.75, 3.05) is 0 Å². The van der Waals surface area contributed by atoms with Gasteiger partial charge in [-0.3, -0.25) is 0 Å². The van der Waals surface area contributed by atoms with Gasteiger partial charge >= 0.3 is 0 Å². The lowest BCUT2D eigenvalue weighted by molar-refractivity contribution is -0.107. The largest absolute Gasteiger partial charge is 0.303 e. The van der Waals surface area contributed by atoms with Crippen LogP contribution in [0.2, 0.25) is 0 Å². The van der Waals surface area contributed by atoms with Crippen LogP contribution < -0.4 is 0 Å². The number of carbonyl (C=O) groups excluding carboxylic acids is 1. The maximum Gasteiger partial charge on any atom is 0.124 e. The van der Waals surface area contributed by atoms with E-state index in [-0.39, 0.29) is 0 Å². The molecule has 1 aliphatic rings. The van der Waals surface area contributed by atoms with Gasteiger partial charge in [-0.1, -0.05) is 13.8 Å². The molecule has 88 valence electrons. The summed E-state index contributed by atoms with van der Waals surface area (Å²) in [4.78, 5) is 10.8. The molecule has 1 aromatic carbocycles. The number of aldehydes is 1. The molecule has 1 aliphatic carbocycles. The summed E-state index contributed by atoms with van der Waals surface area (Å²) in [7, 11) is 0. The van der Waals surface area contributed by atoms with E-state index >= 15 is 0 Å². The lowest BCUT2D eigenvalue weighted by Gasteiger charge is -2.16. The zero-order chi connectivity index (χ0) is 12.4. The smallest absolute Gasteiger partial charge is 0.124 e. The molecule has 0 spiro atoms. The molecular formula is C15H17NO. The zero-order valence-corrected chi connectivity index (χ0v) is 10.4. The van der Waals surface area contributed by atoms with E-state index in [1.807, 2.05) is 12.1 Å². The van der Waals surface area contributed by atoms with Gasteiger partial charge in [0.25, 0.3) is 0 Å². The first-order valence-corrected chi connectivity index (χ1v) is 6.17. The third kappa shape index (κ3) is 2.39. The normalized spacial score (nSPS) is 14.7. The molecule has 0 radical (unpaired) electrons. The molecular weight excluding hydrogens is 210 g/mol. The van der Waals surface area contributed by atoms with Crippen LogP contribution in [0.5, 0.6) is 0 Å². The fraction of sp³-hybridized carbons (Fsp3) is 0.467. The Hall–Kier alpha value is -1.62. The molecule has 0 N–H and O–H groups in total. The Labute approximate surface area is 102 Å². The van der Waals surface area contributed by atoms with Crippen LogP contribution in [0.15, 0.2) is 12.1 Å². The zero-order valence-electron chi connectivity index (χ0n) is 10.4. The Kier molecular flexibility index (Phi) is 3.28. The van der Waals surface area contributed by atoms with Crippen LogP contribution in [0.1, 0.15) is 60.8 Å². The van der Waals surface area contributed by atoms with Gasteiger partial charge in [0.1, 0.15) is 6.29 Å². The maximum absolute atomic E-state index is 10.8.